The second kappa shape index (κ2) is 3.11. The average Bonchev–Trinajstić information content (AvgIpc) is 1.83. The van der Waals surface area contributed by atoms with Crippen LogP contribution in [-0.4, -0.2) is 17.3 Å². The van der Waals surface area contributed by atoms with Crippen molar-refractivity contribution in [2.45, 2.75) is 38.6 Å². The lowest BCUT2D eigenvalue weighted by atomic mass is 9.67. The molecule has 0 aromatic rings. The quantitative estimate of drug-likeness (QED) is 0.645. The van der Waals surface area contributed by atoms with Gasteiger partial charge < -0.3 is 10.8 Å². The summed E-state index contributed by atoms with van der Waals surface area (Å²) in [7, 11) is 0. The van der Waals surface area contributed by atoms with Crippen LogP contribution in [0.5, 0.6) is 0 Å². The smallest absolute Gasteiger partial charge is 0.0611 e. The monoisotopic (exact) mass is 157 g/mol. The molecule has 0 heterocycles. The lowest BCUT2D eigenvalue weighted by Crippen LogP contribution is -2.54. The van der Waals surface area contributed by atoms with Crippen LogP contribution in [0.1, 0.15) is 33.1 Å². The Morgan fingerprint density at radius 3 is 2.45 bits per heavy atom. The highest BCUT2D eigenvalue weighted by Gasteiger charge is 2.40. The van der Waals surface area contributed by atoms with Crippen LogP contribution in [0.2, 0.25) is 0 Å². The van der Waals surface area contributed by atoms with Gasteiger partial charge in [-0.1, -0.05) is 13.8 Å². The van der Waals surface area contributed by atoms with Crippen LogP contribution in [0.25, 0.3) is 0 Å². The van der Waals surface area contributed by atoms with Crippen molar-refractivity contribution in [3.8, 4) is 0 Å². The maximum Gasteiger partial charge on any atom is 0.0611 e. The van der Waals surface area contributed by atoms with E-state index in [1.165, 1.54) is 6.42 Å². The number of hydrogen-bond donors (Lipinski definition) is 2. The summed E-state index contributed by atoms with van der Waals surface area (Å²) in [6.07, 6.45) is 3.29. The summed E-state index contributed by atoms with van der Waals surface area (Å²) >= 11 is 0. The summed E-state index contributed by atoms with van der Waals surface area (Å²) in [6.45, 7) is 4.62. The average molecular weight is 157 g/mol. The molecule has 11 heavy (non-hydrogen) atoms. The molecule has 1 rings (SSSR count). The highest BCUT2D eigenvalue weighted by atomic mass is 16.3. The third-order valence-corrected chi connectivity index (χ3v) is 2.51. The minimum Gasteiger partial charge on any atom is -0.394 e. The van der Waals surface area contributed by atoms with Crippen LogP contribution in [0.4, 0.5) is 0 Å². The SMILES string of the molecule is CC(C)CC1CC(N)(CO)C1. The zero-order chi connectivity index (χ0) is 8.48. The molecule has 0 bridgehead atoms. The molecule has 0 spiro atoms. The summed E-state index contributed by atoms with van der Waals surface area (Å²) in [5, 5.41) is 8.87. The van der Waals surface area contributed by atoms with Crippen LogP contribution in [0.15, 0.2) is 0 Å². The van der Waals surface area contributed by atoms with Crippen LogP contribution < -0.4 is 5.73 Å². The molecule has 1 fully saturated rings. The van der Waals surface area contributed by atoms with Gasteiger partial charge in [0, 0.05) is 5.54 Å². The number of aliphatic hydroxyl groups is 1. The third-order valence-electron chi connectivity index (χ3n) is 2.51. The van der Waals surface area contributed by atoms with E-state index >= 15 is 0 Å². The molecule has 1 aliphatic carbocycles. The van der Waals surface area contributed by atoms with Crippen molar-refractivity contribution in [3.05, 3.63) is 0 Å². The Labute approximate surface area is 68.8 Å². The third kappa shape index (κ3) is 2.17. The summed E-state index contributed by atoms with van der Waals surface area (Å²) in [5.41, 5.74) is 5.60. The van der Waals surface area contributed by atoms with Gasteiger partial charge in [0.1, 0.15) is 0 Å². The van der Waals surface area contributed by atoms with Gasteiger partial charge in [-0.2, -0.15) is 0 Å². The van der Waals surface area contributed by atoms with Crippen LogP contribution >= 0.6 is 0 Å². The van der Waals surface area contributed by atoms with E-state index in [0.29, 0.717) is 0 Å². The summed E-state index contributed by atoms with van der Waals surface area (Å²) in [5.74, 6) is 1.54. The second-order valence-corrected chi connectivity index (χ2v) is 4.42. The van der Waals surface area contributed by atoms with Crippen molar-refractivity contribution in [3.63, 3.8) is 0 Å². The topological polar surface area (TPSA) is 46.2 Å². The van der Waals surface area contributed by atoms with E-state index in [-0.39, 0.29) is 12.1 Å². The molecule has 0 unspecified atom stereocenters. The Bertz CT molecular complexity index is 128. The molecular formula is C9H19NO. The van der Waals surface area contributed by atoms with Gasteiger partial charge in [-0.3, -0.25) is 0 Å². The highest BCUT2D eigenvalue weighted by Crippen LogP contribution is 2.39. The fraction of sp³-hybridized carbons (Fsp3) is 1.00. The number of rotatable bonds is 3. The zero-order valence-electron chi connectivity index (χ0n) is 7.51. The van der Waals surface area contributed by atoms with Crippen molar-refractivity contribution in [1.29, 1.82) is 0 Å². The summed E-state index contributed by atoms with van der Waals surface area (Å²) < 4.78 is 0. The molecule has 2 heteroatoms. The van der Waals surface area contributed by atoms with Crippen LogP contribution in [0, 0.1) is 11.8 Å². The fourth-order valence-electron chi connectivity index (χ4n) is 2.05. The second-order valence-electron chi connectivity index (χ2n) is 4.42. The van der Waals surface area contributed by atoms with E-state index in [2.05, 4.69) is 13.8 Å². The van der Waals surface area contributed by atoms with E-state index in [1.54, 1.807) is 0 Å². The predicted octanol–water partition coefficient (Wildman–Crippen LogP) is 1.13. The zero-order valence-corrected chi connectivity index (χ0v) is 7.51. The van der Waals surface area contributed by atoms with Crippen molar-refractivity contribution in [2.75, 3.05) is 6.61 Å². The van der Waals surface area contributed by atoms with Gasteiger partial charge in [0.15, 0.2) is 0 Å². The first-order valence-corrected chi connectivity index (χ1v) is 4.45. The van der Waals surface area contributed by atoms with Gasteiger partial charge >= 0.3 is 0 Å². The van der Waals surface area contributed by atoms with Crippen molar-refractivity contribution in [2.24, 2.45) is 17.6 Å². The van der Waals surface area contributed by atoms with Gasteiger partial charge in [0.05, 0.1) is 6.61 Å². The Balaban J connectivity index is 2.18. The van der Waals surface area contributed by atoms with Gasteiger partial charge in [-0.25, -0.2) is 0 Å². The molecule has 66 valence electrons. The number of hydrogen-bond acceptors (Lipinski definition) is 2. The van der Waals surface area contributed by atoms with E-state index < -0.39 is 0 Å². The highest BCUT2D eigenvalue weighted by molar-refractivity contribution is 4.97. The molecule has 0 radical (unpaired) electrons. The molecule has 0 amide bonds. The van der Waals surface area contributed by atoms with Gasteiger partial charge in [-0.15, -0.1) is 0 Å². The van der Waals surface area contributed by atoms with Crippen molar-refractivity contribution >= 4 is 0 Å². The first-order valence-electron chi connectivity index (χ1n) is 4.45. The lowest BCUT2D eigenvalue weighted by Gasteiger charge is -2.44. The molecule has 0 saturated heterocycles. The Morgan fingerprint density at radius 1 is 1.55 bits per heavy atom. The van der Waals surface area contributed by atoms with E-state index in [0.717, 1.165) is 24.7 Å². The molecule has 2 nitrogen and oxygen atoms in total. The lowest BCUT2D eigenvalue weighted by molar-refractivity contribution is 0.0621. The van der Waals surface area contributed by atoms with E-state index in [9.17, 15) is 0 Å². The van der Waals surface area contributed by atoms with Crippen LogP contribution in [-0.2, 0) is 0 Å². The maximum absolute atomic E-state index is 8.87. The summed E-state index contributed by atoms with van der Waals surface area (Å²) in [6, 6.07) is 0. The number of nitrogens with two attached hydrogens (primary N) is 1. The van der Waals surface area contributed by atoms with Gasteiger partial charge in [0.2, 0.25) is 0 Å². The molecule has 0 atom stereocenters. The molecular weight excluding hydrogens is 138 g/mol. The maximum atomic E-state index is 8.87. The standard InChI is InChI=1S/C9H19NO/c1-7(2)3-8-4-9(10,5-8)6-11/h7-8,11H,3-6,10H2,1-2H3. The fourth-order valence-corrected chi connectivity index (χ4v) is 2.05. The van der Waals surface area contributed by atoms with E-state index in [1.807, 2.05) is 0 Å². The predicted molar refractivity (Wildman–Crippen MR) is 46.2 cm³/mol. The Hall–Kier alpha value is -0.0800. The number of aliphatic hydroxyl groups excluding tert-OH is 1. The molecule has 1 saturated carbocycles. The van der Waals surface area contributed by atoms with Crippen LogP contribution in [0.3, 0.4) is 0 Å². The largest absolute Gasteiger partial charge is 0.394 e. The normalized spacial score (nSPS) is 37.4. The van der Waals surface area contributed by atoms with Gasteiger partial charge in [0.25, 0.3) is 0 Å². The Morgan fingerprint density at radius 2 is 2.09 bits per heavy atom. The molecule has 0 aliphatic heterocycles. The van der Waals surface area contributed by atoms with Crippen molar-refractivity contribution in [1.82, 2.24) is 0 Å². The molecule has 0 aromatic carbocycles. The molecule has 0 aromatic heterocycles. The minimum absolute atomic E-state index is 0.154. The van der Waals surface area contributed by atoms with Gasteiger partial charge in [-0.05, 0) is 31.1 Å². The summed E-state index contributed by atoms with van der Waals surface area (Å²) in [4.78, 5) is 0. The first-order chi connectivity index (χ1) is 5.06. The molecule has 3 N–H and O–H groups in total. The van der Waals surface area contributed by atoms with Crippen molar-refractivity contribution < 1.29 is 5.11 Å². The first kappa shape index (κ1) is 9.01. The molecule has 1 aliphatic rings. The Kier molecular flexibility index (Phi) is 2.55. The van der Waals surface area contributed by atoms with E-state index in [4.69, 9.17) is 10.8 Å². The minimum atomic E-state index is -0.223.